The highest BCUT2D eigenvalue weighted by molar-refractivity contribution is 5.87. The van der Waals surface area contributed by atoms with Crippen molar-refractivity contribution in [3.8, 4) is 29.1 Å². The lowest BCUT2D eigenvalue weighted by atomic mass is 9.73. The summed E-state index contributed by atoms with van der Waals surface area (Å²) in [6.45, 7) is 13.5. The lowest BCUT2D eigenvalue weighted by Crippen LogP contribution is -2.23. The van der Waals surface area contributed by atoms with Crippen LogP contribution in [0.25, 0.3) is 26.4 Å². The molecule has 0 N–H and O–H groups in total. The highest BCUT2D eigenvalue weighted by atomic mass is 16.7. The Morgan fingerprint density at radius 2 is 1.20 bits per heavy atom. The minimum absolute atomic E-state index is 0.0543. The van der Waals surface area contributed by atoms with E-state index in [0.29, 0.717) is 22.7 Å². The molecule has 2 aliphatic rings. The van der Waals surface area contributed by atoms with Gasteiger partial charge in [0.25, 0.3) is 0 Å². The van der Waals surface area contributed by atoms with E-state index in [4.69, 9.17) is 35.0 Å². The fourth-order valence-electron chi connectivity index (χ4n) is 6.96. The number of hydrogen-bond acceptors (Lipinski definition) is 7. The molecule has 2 fully saturated rings. The average molecular weight is 717 g/mol. The quantitative estimate of drug-likeness (QED) is 0.0594. The Morgan fingerprint density at radius 1 is 0.667 bits per heavy atom. The first-order valence-corrected chi connectivity index (χ1v) is 18.3. The van der Waals surface area contributed by atoms with Gasteiger partial charge in [-0.1, -0.05) is 68.4 Å². The number of nitriles is 1. The molecule has 2 aliphatic heterocycles. The number of epoxide rings is 2. The molecule has 0 radical (unpaired) electrons. The summed E-state index contributed by atoms with van der Waals surface area (Å²) < 4.78 is 35.8. The molecule has 0 saturated carbocycles. The SMILES string of the molecule is [C-]#[N+]c1ccc2ccc(OCOc3ccc(C(C)(CC)c4ccc(OCOc5ccc6cc(C#N)ccc6c5)c(CC5CO5)c4)cc3CC3CO3)cc2c1. The summed E-state index contributed by atoms with van der Waals surface area (Å²) in [6, 6.07) is 38.0. The predicted octanol–water partition coefficient (Wildman–Crippen LogP) is 9.84. The van der Waals surface area contributed by atoms with Gasteiger partial charge in [0.05, 0.1) is 43.6 Å². The topological polar surface area (TPSA) is 90.1 Å². The molecule has 2 saturated heterocycles. The summed E-state index contributed by atoms with van der Waals surface area (Å²) >= 11 is 0. The van der Waals surface area contributed by atoms with Gasteiger partial charge in [-0.15, -0.1) is 0 Å². The fourth-order valence-corrected chi connectivity index (χ4v) is 6.96. The fraction of sp³-hybridized carbons (Fsp3) is 0.261. The van der Waals surface area contributed by atoms with Crippen molar-refractivity contribution in [3.05, 3.63) is 148 Å². The maximum atomic E-state index is 9.21. The van der Waals surface area contributed by atoms with Crippen molar-refractivity contribution in [2.75, 3.05) is 26.8 Å². The molecule has 8 heteroatoms. The molecule has 8 rings (SSSR count). The molecule has 6 aromatic carbocycles. The molecular weight excluding hydrogens is 677 g/mol. The molecule has 270 valence electrons. The molecule has 2 heterocycles. The van der Waals surface area contributed by atoms with Crippen LogP contribution in [0.2, 0.25) is 0 Å². The van der Waals surface area contributed by atoms with Gasteiger partial charge >= 0.3 is 0 Å². The van der Waals surface area contributed by atoms with Gasteiger partial charge in [0, 0.05) is 18.3 Å². The monoisotopic (exact) mass is 716 g/mol. The largest absolute Gasteiger partial charge is 0.457 e. The number of benzene rings is 6. The van der Waals surface area contributed by atoms with Crippen LogP contribution in [0.15, 0.2) is 109 Å². The smallest absolute Gasteiger partial charge is 0.230 e. The third kappa shape index (κ3) is 7.82. The maximum absolute atomic E-state index is 9.21. The summed E-state index contributed by atoms with van der Waals surface area (Å²) in [5.74, 6) is 2.94. The molecule has 54 heavy (non-hydrogen) atoms. The van der Waals surface area contributed by atoms with Crippen LogP contribution in [0.3, 0.4) is 0 Å². The van der Waals surface area contributed by atoms with Crippen LogP contribution >= 0.6 is 0 Å². The second kappa shape index (κ2) is 15.1. The number of ether oxygens (including phenoxy) is 6. The summed E-state index contributed by atoms with van der Waals surface area (Å²) in [6.07, 6.45) is 2.77. The van der Waals surface area contributed by atoms with E-state index in [0.717, 1.165) is 76.6 Å². The molecule has 8 nitrogen and oxygen atoms in total. The van der Waals surface area contributed by atoms with Gasteiger partial charge in [-0.2, -0.15) is 5.26 Å². The van der Waals surface area contributed by atoms with Crippen LogP contribution in [-0.4, -0.2) is 39.0 Å². The van der Waals surface area contributed by atoms with E-state index in [-0.39, 0.29) is 31.2 Å². The molecule has 0 bridgehead atoms. The molecule has 0 aliphatic carbocycles. The third-order valence-corrected chi connectivity index (χ3v) is 10.5. The Morgan fingerprint density at radius 3 is 1.76 bits per heavy atom. The summed E-state index contributed by atoms with van der Waals surface area (Å²) in [5, 5.41) is 13.2. The Balaban J connectivity index is 0.983. The molecule has 0 aromatic heterocycles. The van der Waals surface area contributed by atoms with Crippen molar-refractivity contribution in [3.63, 3.8) is 0 Å². The number of fused-ring (bicyclic) bond motifs is 2. The maximum Gasteiger partial charge on any atom is 0.230 e. The molecular formula is C46H40N2O6. The van der Waals surface area contributed by atoms with Crippen LogP contribution in [0.5, 0.6) is 23.0 Å². The zero-order valence-corrected chi connectivity index (χ0v) is 30.3. The van der Waals surface area contributed by atoms with Crippen LogP contribution in [0, 0.1) is 17.9 Å². The molecule has 6 aromatic rings. The van der Waals surface area contributed by atoms with Crippen LogP contribution < -0.4 is 18.9 Å². The van der Waals surface area contributed by atoms with E-state index in [1.165, 1.54) is 11.1 Å². The highest BCUT2D eigenvalue weighted by Gasteiger charge is 2.32. The van der Waals surface area contributed by atoms with Gasteiger partial charge in [-0.05, 0) is 105 Å². The molecule has 0 spiro atoms. The van der Waals surface area contributed by atoms with E-state index >= 15 is 0 Å². The van der Waals surface area contributed by atoms with Crippen molar-refractivity contribution >= 4 is 27.2 Å². The minimum Gasteiger partial charge on any atom is -0.457 e. The Bertz CT molecular complexity index is 2420. The van der Waals surface area contributed by atoms with E-state index in [2.05, 4.69) is 61.2 Å². The number of hydrogen-bond donors (Lipinski definition) is 0. The Labute approximate surface area is 315 Å². The van der Waals surface area contributed by atoms with E-state index in [1.807, 2.05) is 72.8 Å². The molecule has 3 unspecified atom stereocenters. The lowest BCUT2D eigenvalue weighted by Gasteiger charge is -2.31. The van der Waals surface area contributed by atoms with Crippen molar-refractivity contribution in [2.24, 2.45) is 0 Å². The Kier molecular flexibility index (Phi) is 9.80. The summed E-state index contributed by atoms with van der Waals surface area (Å²) in [5.41, 5.74) is 5.51. The predicted molar refractivity (Wildman–Crippen MR) is 208 cm³/mol. The molecule has 0 amide bonds. The van der Waals surface area contributed by atoms with Crippen LogP contribution in [0.1, 0.15) is 48.1 Å². The normalized spacial score (nSPS) is 16.9. The number of nitrogens with zero attached hydrogens (tertiary/aromatic N) is 2. The zero-order chi connectivity index (χ0) is 37.1. The van der Waals surface area contributed by atoms with Crippen molar-refractivity contribution in [2.45, 2.75) is 50.7 Å². The summed E-state index contributed by atoms with van der Waals surface area (Å²) in [4.78, 5) is 3.55. The van der Waals surface area contributed by atoms with Gasteiger partial charge < -0.3 is 28.4 Å². The second-order valence-electron chi connectivity index (χ2n) is 14.1. The van der Waals surface area contributed by atoms with Gasteiger partial charge in [0.2, 0.25) is 13.6 Å². The Hall–Kier alpha value is -6.06. The average Bonchev–Trinajstić information content (AvgIpc) is 4.16. The van der Waals surface area contributed by atoms with Crippen molar-refractivity contribution in [1.82, 2.24) is 0 Å². The lowest BCUT2D eigenvalue weighted by molar-refractivity contribution is 0.118. The standard InChI is InChI=1S/C46H40N2O6/c1-4-46(2,37-10-15-44(35(18-37)23-42-26-49-42)53-28-51-40-14-9-32-17-30(25-47)5-6-33(32)21-40)38-11-16-45(36(19-38)24-43-27-50-43)54-29-52-41-13-8-31-7-12-39(48-3)20-34(31)22-41/h5-22,42-43H,4,23-24,26-29H2,1-2H3. The van der Waals surface area contributed by atoms with Crippen LogP contribution in [0.4, 0.5) is 5.69 Å². The van der Waals surface area contributed by atoms with Gasteiger partial charge in [-0.3, -0.25) is 0 Å². The van der Waals surface area contributed by atoms with Gasteiger partial charge in [0.1, 0.15) is 23.0 Å². The van der Waals surface area contributed by atoms with Crippen molar-refractivity contribution in [1.29, 1.82) is 5.26 Å². The van der Waals surface area contributed by atoms with E-state index < -0.39 is 0 Å². The second-order valence-corrected chi connectivity index (χ2v) is 14.1. The third-order valence-electron chi connectivity index (χ3n) is 10.5. The first kappa shape index (κ1) is 35.0. The first-order chi connectivity index (χ1) is 26.4. The van der Waals surface area contributed by atoms with Gasteiger partial charge in [0.15, 0.2) is 5.69 Å². The summed E-state index contributed by atoms with van der Waals surface area (Å²) in [7, 11) is 0. The molecule has 3 atom stereocenters. The van der Waals surface area contributed by atoms with Crippen LogP contribution in [-0.2, 0) is 27.7 Å². The number of rotatable bonds is 15. The minimum atomic E-state index is -0.284. The van der Waals surface area contributed by atoms with Gasteiger partial charge in [-0.25, -0.2) is 4.85 Å². The van der Waals surface area contributed by atoms with E-state index in [9.17, 15) is 5.26 Å². The highest BCUT2D eigenvalue weighted by Crippen LogP contribution is 2.40. The zero-order valence-electron chi connectivity index (χ0n) is 30.3. The first-order valence-electron chi connectivity index (χ1n) is 18.3. The van der Waals surface area contributed by atoms with E-state index in [1.54, 1.807) is 0 Å². The van der Waals surface area contributed by atoms with Crippen molar-refractivity contribution < 1.29 is 28.4 Å².